The summed E-state index contributed by atoms with van der Waals surface area (Å²) in [5, 5.41) is 2.97. The van der Waals surface area contributed by atoms with E-state index in [2.05, 4.69) is 29.0 Å². The van der Waals surface area contributed by atoms with E-state index in [1.807, 2.05) is 48.6 Å². The van der Waals surface area contributed by atoms with E-state index in [0.717, 1.165) is 30.8 Å². The third kappa shape index (κ3) is 6.82. The molecule has 0 spiro atoms. The van der Waals surface area contributed by atoms with Crippen LogP contribution in [0.15, 0.2) is 48.8 Å². The largest absolute Gasteiger partial charge is 0.478 e. The summed E-state index contributed by atoms with van der Waals surface area (Å²) in [5.74, 6) is 0.561. The fraction of sp³-hybridized carbons (Fsp3) is 0.391. The Balaban J connectivity index is 1.89. The van der Waals surface area contributed by atoms with Crippen LogP contribution in [0, 0.1) is 0 Å². The number of hydrogen-bond acceptors (Lipinski definition) is 4. The summed E-state index contributed by atoms with van der Waals surface area (Å²) in [6.07, 6.45) is 7.60. The molecule has 1 aromatic heterocycles. The summed E-state index contributed by atoms with van der Waals surface area (Å²) >= 11 is 0. The first-order valence-electron chi connectivity index (χ1n) is 9.82. The van der Waals surface area contributed by atoms with Crippen molar-refractivity contribution in [2.24, 2.45) is 0 Å². The van der Waals surface area contributed by atoms with E-state index in [1.165, 1.54) is 0 Å². The van der Waals surface area contributed by atoms with E-state index in [0.29, 0.717) is 12.3 Å². The number of rotatable bonds is 10. The summed E-state index contributed by atoms with van der Waals surface area (Å²) in [5.41, 5.74) is 1.22. The molecule has 5 nitrogen and oxygen atoms in total. The highest BCUT2D eigenvalue weighted by atomic mass is 16.5. The minimum absolute atomic E-state index is 0.110. The molecule has 1 heterocycles. The van der Waals surface area contributed by atoms with Crippen molar-refractivity contribution in [3.8, 4) is 5.75 Å². The highest BCUT2D eigenvalue weighted by Crippen LogP contribution is 2.20. The van der Waals surface area contributed by atoms with Crippen LogP contribution >= 0.6 is 0 Å². The van der Waals surface area contributed by atoms with Gasteiger partial charge in [-0.1, -0.05) is 38.1 Å². The molecule has 0 saturated carbocycles. The van der Waals surface area contributed by atoms with Gasteiger partial charge in [-0.2, -0.15) is 0 Å². The Morgan fingerprint density at radius 2 is 1.61 bits per heavy atom. The predicted octanol–water partition coefficient (Wildman–Crippen LogP) is 3.87. The van der Waals surface area contributed by atoms with E-state index in [4.69, 9.17) is 4.74 Å². The first-order chi connectivity index (χ1) is 13.4. The molecule has 0 aliphatic heterocycles. The fourth-order valence-corrected chi connectivity index (χ4v) is 2.74. The maximum atomic E-state index is 12.5. The fourth-order valence-electron chi connectivity index (χ4n) is 2.74. The topological polar surface area (TPSA) is 54.5 Å². The number of pyridine rings is 1. The molecule has 0 saturated heterocycles. The van der Waals surface area contributed by atoms with Crippen LogP contribution < -0.4 is 10.1 Å². The van der Waals surface area contributed by atoms with Gasteiger partial charge in [0.25, 0.3) is 5.91 Å². The number of aromatic nitrogens is 1. The highest BCUT2D eigenvalue weighted by molar-refractivity contribution is 5.84. The van der Waals surface area contributed by atoms with Gasteiger partial charge in [-0.3, -0.25) is 9.78 Å². The van der Waals surface area contributed by atoms with Crippen LogP contribution in [0.3, 0.4) is 0 Å². The smallest absolute Gasteiger partial charge is 0.263 e. The van der Waals surface area contributed by atoms with Gasteiger partial charge in [0.05, 0.1) is 0 Å². The van der Waals surface area contributed by atoms with Gasteiger partial charge in [0.2, 0.25) is 0 Å². The number of likely N-dealkylation sites (N-methyl/N-ethyl adjacent to an activating group) is 1. The van der Waals surface area contributed by atoms with E-state index in [-0.39, 0.29) is 5.91 Å². The van der Waals surface area contributed by atoms with Crippen molar-refractivity contribution in [1.29, 1.82) is 0 Å². The maximum Gasteiger partial charge on any atom is 0.263 e. The van der Waals surface area contributed by atoms with Crippen LogP contribution in [0.1, 0.15) is 38.8 Å². The Morgan fingerprint density at radius 1 is 1.04 bits per heavy atom. The molecule has 0 unspecified atom stereocenters. The Labute approximate surface area is 168 Å². The lowest BCUT2D eigenvalue weighted by molar-refractivity contribution is -0.134. The van der Waals surface area contributed by atoms with Crippen molar-refractivity contribution in [2.45, 2.75) is 33.3 Å². The van der Waals surface area contributed by atoms with Crippen LogP contribution in [-0.2, 0) is 4.79 Å². The van der Waals surface area contributed by atoms with E-state index in [9.17, 15) is 4.79 Å². The highest BCUT2D eigenvalue weighted by Gasteiger charge is 2.29. The minimum atomic E-state index is -0.933. The zero-order valence-electron chi connectivity index (χ0n) is 17.3. The Bertz CT molecular complexity index is 751. The van der Waals surface area contributed by atoms with Gasteiger partial charge < -0.3 is 15.0 Å². The molecule has 150 valence electrons. The van der Waals surface area contributed by atoms with Crippen LogP contribution in [0.25, 0.3) is 12.2 Å². The second-order valence-corrected chi connectivity index (χ2v) is 7.08. The van der Waals surface area contributed by atoms with Crippen LogP contribution in [0.5, 0.6) is 5.75 Å². The quantitative estimate of drug-likeness (QED) is 0.679. The number of carbonyl (C=O) groups excluding carboxylic acids is 1. The number of nitrogens with one attached hydrogen (secondary N) is 1. The molecular formula is C23H31N3O2. The van der Waals surface area contributed by atoms with Crippen molar-refractivity contribution in [3.05, 3.63) is 59.9 Å². The Morgan fingerprint density at radius 3 is 2.18 bits per heavy atom. The SMILES string of the molecule is CCN(CC)CCNC(=O)C(C)(C)Oc1ccc(/C=C/c2ccncc2)cc1. The summed E-state index contributed by atoms with van der Waals surface area (Å²) in [4.78, 5) is 18.8. The van der Waals surface area contributed by atoms with Crippen molar-refractivity contribution in [2.75, 3.05) is 26.2 Å². The average Bonchev–Trinajstić information content (AvgIpc) is 2.71. The number of carbonyl (C=O) groups is 1. The average molecular weight is 382 g/mol. The summed E-state index contributed by atoms with van der Waals surface area (Å²) < 4.78 is 5.93. The van der Waals surface area contributed by atoms with Crippen molar-refractivity contribution >= 4 is 18.1 Å². The van der Waals surface area contributed by atoms with Crippen LogP contribution in [-0.4, -0.2) is 47.6 Å². The molecule has 28 heavy (non-hydrogen) atoms. The molecule has 0 aliphatic carbocycles. The molecular weight excluding hydrogens is 350 g/mol. The zero-order valence-corrected chi connectivity index (χ0v) is 17.3. The number of benzene rings is 1. The molecule has 1 N–H and O–H groups in total. The van der Waals surface area contributed by atoms with Crippen LogP contribution in [0.4, 0.5) is 0 Å². The molecule has 0 atom stereocenters. The second-order valence-electron chi connectivity index (χ2n) is 7.08. The Kier molecular flexibility index (Phi) is 8.20. The van der Waals surface area contributed by atoms with Gasteiger partial charge in [0.15, 0.2) is 5.60 Å². The molecule has 0 radical (unpaired) electrons. The van der Waals surface area contributed by atoms with E-state index >= 15 is 0 Å². The summed E-state index contributed by atoms with van der Waals surface area (Å²) in [6.45, 7) is 11.2. The molecule has 1 aromatic carbocycles. The molecule has 0 bridgehead atoms. The maximum absolute atomic E-state index is 12.5. The van der Waals surface area contributed by atoms with E-state index < -0.39 is 5.60 Å². The predicted molar refractivity (Wildman–Crippen MR) is 115 cm³/mol. The number of amides is 1. The van der Waals surface area contributed by atoms with E-state index in [1.54, 1.807) is 26.2 Å². The lowest BCUT2D eigenvalue weighted by atomic mass is 10.1. The van der Waals surface area contributed by atoms with Gasteiger partial charge in [-0.25, -0.2) is 0 Å². The Hall–Kier alpha value is -2.66. The van der Waals surface area contributed by atoms with Gasteiger partial charge >= 0.3 is 0 Å². The lowest BCUT2D eigenvalue weighted by Gasteiger charge is -2.26. The standard InChI is InChI=1S/C23H31N3O2/c1-5-26(6-2)18-17-25-22(27)23(3,4)28-21-11-9-19(10-12-21)7-8-20-13-15-24-16-14-20/h7-16H,5-6,17-18H2,1-4H3,(H,25,27)/b8-7+. The zero-order chi connectivity index (χ0) is 20.4. The molecule has 5 heteroatoms. The third-order valence-corrected chi connectivity index (χ3v) is 4.58. The first-order valence-corrected chi connectivity index (χ1v) is 9.82. The number of nitrogens with zero attached hydrogens (tertiary/aromatic N) is 2. The summed E-state index contributed by atoms with van der Waals surface area (Å²) in [6, 6.07) is 11.6. The molecule has 2 aromatic rings. The van der Waals surface area contributed by atoms with Crippen molar-refractivity contribution < 1.29 is 9.53 Å². The van der Waals surface area contributed by atoms with Gasteiger partial charge in [-0.05, 0) is 62.3 Å². The second kappa shape index (κ2) is 10.6. The number of hydrogen-bond donors (Lipinski definition) is 1. The van der Waals surface area contributed by atoms with Gasteiger partial charge in [-0.15, -0.1) is 0 Å². The molecule has 1 amide bonds. The number of ether oxygens (including phenoxy) is 1. The normalized spacial score (nSPS) is 11.8. The molecule has 2 rings (SSSR count). The third-order valence-electron chi connectivity index (χ3n) is 4.58. The minimum Gasteiger partial charge on any atom is -0.478 e. The summed E-state index contributed by atoms with van der Waals surface area (Å²) in [7, 11) is 0. The molecule has 0 fully saturated rings. The van der Waals surface area contributed by atoms with Crippen LogP contribution in [0.2, 0.25) is 0 Å². The molecule has 0 aliphatic rings. The van der Waals surface area contributed by atoms with Crippen molar-refractivity contribution in [3.63, 3.8) is 0 Å². The van der Waals surface area contributed by atoms with Gasteiger partial charge in [0, 0.05) is 25.5 Å². The lowest BCUT2D eigenvalue weighted by Crippen LogP contribution is -2.48. The van der Waals surface area contributed by atoms with Gasteiger partial charge in [0.1, 0.15) is 5.75 Å². The van der Waals surface area contributed by atoms with Crippen molar-refractivity contribution in [1.82, 2.24) is 15.2 Å². The first kappa shape index (κ1) is 21.6. The monoisotopic (exact) mass is 381 g/mol.